The van der Waals surface area contributed by atoms with Gasteiger partial charge in [-0.1, -0.05) is 6.42 Å². The molecule has 1 unspecified atom stereocenters. The van der Waals surface area contributed by atoms with Gasteiger partial charge in [0.15, 0.2) is 0 Å². The molecule has 0 saturated carbocycles. The van der Waals surface area contributed by atoms with Crippen LogP contribution >= 0.6 is 0 Å². The number of hydrogen-bond donors (Lipinski definition) is 1. The number of halogens is 1. The monoisotopic (exact) mass is 254 g/mol. The molecule has 2 heterocycles. The quantitative estimate of drug-likeness (QED) is 0.883. The summed E-state index contributed by atoms with van der Waals surface area (Å²) in [7, 11) is 3.76. The van der Waals surface area contributed by atoms with E-state index in [1.165, 1.54) is 12.8 Å². The number of nitrogens with zero attached hydrogens (tertiary/aromatic N) is 3. The van der Waals surface area contributed by atoms with Crippen LogP contribution in [-0.4, -0.2) is 48.2 Å². The molecule has 1 fully saturated rings. The van der Waals surface area contributed by atoms with Crippen LogP contribution in [0, 0.1) is 5.82 Å². The van der Waals surface area contributed by atoms with Crippen molar-refractivity contribution >= 4 is 5.95 Å². The SMILES string of the molecule is CNc1ncc(F)c(OCC2CCCCN2C)n1. The fourth-order valence-electron chi connectivity index (χ4n) is 2.10. The predicted molar refractivity (Wildman–Crippen MR) is 67.3 cm³/mol. The van der Waals surface area contributed by atoms with Crippen molar-refractivity contribution in [1.29, 1.82) is 0 Å². The van der Waals surface area contributed by atoms with Crippen LogP contribution in [0.3, 0.4) is 0 Å². The average molecular weight is 254 g/mol. The zero-order chi connectivity index (χ0) is 13.0. The first-order valence-corrected chi connectivity index (χ1v) is 6.24. The summed E-state index contributed by atoms with van der Waals surface area (Å²) in [6.07, 6.45) is 4.63. The van der Waals surface area contributed by atoms with E-state index in [0.29, 0.717) is 18.6 Å². The van der Waals surface area contributed by atoms with E-state index in [-0.39, 0.29) is 5.88 Å². The molecular formula is C12H19FN4O. The van der Waals surface area contributed by atoms with E-state index in [4.69, 9.17) is 4.74 Å². The van der Waals surface area contributed by atoms with Crippen molar-refractivity contribution in [2.75, 3.05) is 32.6 Å². The molecule has 1 aromatic heterocycles. The summed E-state index contributed by atoms with van der Waals surface area (Å²) in [6.45, 7) is 1.54. The largest absolute Gasteiger partial charge is 0.474 e. The lowest BCUT2D eigenvalue weighted by Crippen LogP contribution is -2.40. The van der Waals surface area contributed by atoms with Gasteiger partial charge in [0.2, 0.25) is 11.8 Å². The minimum absolute atomic E-state index is 0.0216. The molecule has 1 atom stereocenters. The third-order valence-corrected chi connectivity index (χ3v) is 3.27. The number of piperidine rings is 1. The Labute approximate surface area is 106 Å². The summed E-state index contributed by atoms with van der Waals surface area (Å²) in [4.78, 5) is 9.99. The van der Waals surface area contributed by atoms with Gasteiger partial charge in [-0.05, 0) is 26.4 Å². The molecule has 6 heteroatoms. The Hall–Kier alpha value is -1.43. The summed E-state index contributed by atoms with van der Waals surface area (Å²) in [5.74, 6) is -0.135. The van der Waals surface area contributed by atoms with E-state index in [1.54, 1.807) is 7.05 Å². The number of rotatable bonds is 4. The summed E-state index contributed by atoms with van der Waals surface area (Å²) in [5, 5.41) is 2.76. The van der Waals surface area contributed by atoms with Gasteiger partial charge in [0.1, 0.15) is 6.61 Å². The van der Waals surface area contributed by atoms with Crippen molar-refractivity contribution in [3.63, 3.8) is 0 Å². The number of anilines is 1. The maximum absolute atomic E-state index is 13.5. The number of likely N-dealkylation sites (N-methyl/N-ethyl adjacent to an activating group) is 1. The first-order valence-electron chi connectivity index (χ1n) is 6.24. The highest BCUT2D eigenvalue weighted by Gasteiger charge is 2.20. The van der Waals surface area contributed by atoms with Crippen LogP contribution in [0.4, 0.5) is 10.3 Å². The fraction of sp³-hybridized carbons (Fsp3) is 0.667. The van der Waals surface area contributed by atoms with Gasteiger partial charge in [0.05, 0.1) is 6.20 Å². The first kappa shape index (κ1) is 13.0. The third-order valence-electron chi connectivity index (χ3n) is 3.27. The van der Waals surface area contributed by atoms with E-state index in [2.05, 4.69) is 27.2 Å². The zero-order valence-corrected chi connectivity index (χ0v) is 10.8. The maximum Gasteiger partial charge on any atom is 0.255 e. The van der Waals surface area contributed by atoms with E-state index < -0.39 is 5.82 Å². The molecule has 0 bridgehead atoms. The second-order valence-electron chi connectivity index (χ2n) is 4.54. The Balaban J connectivity index is 1.96. The number of likely N-dealkylation sites (tertiary alicyclic amines) is 1. The molecule has 0 aliphatic carbocycles. The molecule has 1 aromatic rings. The van der Waals surface area contributed by atoms with Crippen LogP contribution in [0.2, 0.25) is 0 Å². The summed E-state index contributed by atoms with van der Waals surface area (Å²) in [5.41, 5.74) is 0. The first-order chi connectivity index (χ1) is 8.70. The van der Waals surface area contributed by atoms with Crippen LogP contribution in [0.5, 0.6) is 5.88 Å². The van der Waals surface area contributed by atoms with Gasteiger partial charge in [-0.15, -0.1) is 0 Å². The molecule has 100 valence electrons. The van der Waals surface area contributed by atoms with Crippen molar-refractivity contribution in [2.24, 2.45) is 0 Å². The predicted octanol–water partition coefficient (Wildman–Crippen LogP) is 1.52. The Morgan fingerprint density at radius 3 is 3.11 bits per heavy atom. The molecule has 1 saturated heterocycles. The van der Waals surface area contributed by atoms with Gasteiger partial charge in [0, 0.05) is 13.1 Å². The highest BCUT2D eigenvalue weighted by atomic mass is 19.1. The topological polar surface area (TPSA) is 50.3 Å². The summed E-state index contributed by atoms with van der Waals surface area (Å²) in [6, 6.07) is 0.339. The van der Waals surface area contributed by atoms with Gasteiger partial charge >= 0.3 is 0 Å². The fourth-order valence-corrected chi connectivity index (χ4v) is 2.10. The van der Waals surface area contributed by atoms with Crippen molar-refractivity contribution < 1.29 is 9.13 Å². The molecular weight excluding hydrogens is 235 g/mol. The highest BCUT2D eigenvalue weighted by molar-refractivity contribution is 5.27. The average Bonchev–Trinajstić information content (AvgIpc) is 2.39. The lowest BCUT2D eigenvalue weighted by Gasteiger charge is -2.31. The lowest BCUT2D eigenvalue weighted by atomic mass is 10.0. The standard InChI is InChI=1S/C12H19FN4O/c1-14-12-15-7-10(13)11(16-12)18-8-9-5-3-4-6-17(9)2/h7,9H,3-6,8H2,1-2H3,(H,14,15,16). The number of nitrogens with one attached hydrogen (secondary N) is 1. The van der Waals surface area contributed by atoms with Gasteiger partial charge in [-0.3, -0.25) is 0 Å². The Bertz CT molecular complexity index is 402. The highest BCUT2D eigenvalue weighted by Crippen LogP contribution is 2.18. The van der Waals surface area contributed by atoms with E-state index in [0.717, 1.165) is 19.2 Å². The molecule has 0 amide bonds. The van der Waals surface area contributed by atoms with Crippen molar-refractivity contribution in [1.82, 2.24) is 14.9 Å². The normalized spacial score (nSPS) is 20.7. The molecule has 5 nitrogen and oxygen atoms in total. The Kier molecular flexibility index (Phi) is 4.30. The van der Waals surface area contributed by atoms with E-state index in [1.807, 2.05) is 0 Å². The molecule has 0 spiro atoms. The second kappa shape index (κ2) is 5.95. The molecule has 0 radical (unpaired) electrons. The zero-order valence-electron chi connectivity index (χ0n) is 10.8. The molecule has 2 rings (SSSR count). The second-order valence-corrected chi connectivity index (χ2v) is 4.54. The summed E-state index contributed by atoms with van der Waals surface area (Å²) < 4.78 is 18.9. The minimum atomic E-state index is -0.521. The van der Waals surface area contributed by atoms with Crippen molar-refractivity contribution in [2.45, 2.75) is 25.3 Å². The molecule has 1 aliphatic rings. The van der Waals surface area contributed by atoms with Crippen LogP contribution in [0.25, 0.3) is 0 Å². The minimum Gasteiger partial charge on any atom is -0.474 e. The van der Waals surface area contributed by atoms with E-state index >= 15 is 0 Å². The molecule has 18 heavy (non-hydrogen) atoms. The van der Waals surface area contributed by atoms with Crippen molar-refractivity contribution in [3.05, 3.63) is 12.0 Å². The van der Waals surface area contributed by atoms with Gasteiger partial charge in [0.25, 0.3) is 5.88 Å². The maximum atomic E-state index is 13.5. The van der Waals surface area contributed by atoms with Crippen LogP contribution in [0.1, 0.15) is 19.3 Å². The number of ether oxygens (including phenoxy) is 1. The smallest absolute Gasteiger partial charge is 0.255 e. The molecule has 0 aromatic carbocycles. The lowest BCUT2D eigenvalue weighted by molar-refractivity contribution is 0.120. The Morgan fingerprint density at radius 2 is 2.39 bits per heavy atom. The van der Waals surface area contributed by atoms with Crippen molar-refractivity contribution in [3.8, 4) is 5.88 Å². The molecule has 1 aliphatic heterocycles. The number of hydrogen-bond acceptors (Lipinski definition) is 5. The van der Waals surface area contributed by atoms with E-state index in [9.17, 15) is 4.39 Å². The van der Waals surface area contributed by atoms with Crippen LogP contribution in [-0.2, 0) is 0 Å². The molecule has 1 N–H and O–H groups in total. The van der Waals surface area contributed by atoms with Gasteiger partial charge < -0.3 is 15.0 Å². The van der Waals surface area contributed by atoms with Gasteiger partial charge in [-0.25, -0.2) is 4.98 Å². The Morgan fingerprint density at radius 1 is 1.56 bits per heavy atom. The third kappa shape index (κ3) is 3.07. The number of aromatic nitrogens is 2. The van der Waals surface area contributed by atoms with Crippen LogP contribution in [0.15, 0.2) is 6.20 Å². The van der Waals surface area contributed by atoms with Gasteiger partial charge in [-0.2, -0.15) is 9.37 Å². The summed E-state index contributed by atoms with van der Waals surface area (Å²) >= 11 is 0. The van der Waals surface area contributed by atoms with Crippen LogP contribution < -0.4 is 10.1 Å².